The van der Waals surface area contributed by atoms with Crippen molar-refractivity contribution in [2.24, 2.45) is 0 Å². The van der Waals surface area contributed by atoms with Gasteiger partial charge in [-0.3, -0.25) is 9.10 Å². The molecule has 3 aromatic carbocycles. The SMILES string of the molecule is COc1ccc(C)cc1S(=O)(=O)N(CC(=O)N1CCN(c2ccccc2F)CC1)c1ccccc1. The van der Waals surface area contributed by atoms with E-state index >= 15 is 0 Å². The highest BCUT2D eigenvalue weighted by Crippen LogP contribution is 2.31. The molecule has 0 aliphatic carbocycles. The van der Waals surface area contributed by atoms with E-state index in [9.17, 15) is 17.6 Å². The van der Waals surface area contributed by atoms with Gasteiger partial charge in [-0.2, -0.15) is 0 Å². The number of nitrogens with zero attached hydrogens (tertiary/aromatic N) is 3. The Bertz CT molecular complexity index is 1290. The number of amides is 1. The molecule has 0 spiro atoms. The molecule has 0 radical (unpaired) electrons. The van der Waals surface area contributed by atoms with Gasteiger partial charge in [-0.1, -0.05) is 36.4 Å². The minimum absolute atomic E-state index is 0.000949. The number of halogens is 1. The molecule has 184 valence electrons. The number of sulfonamides is 1. The fraction of sp³-hybridized carbons (Fsp3) is 0.269. The van der Waals surface area contributed by atoms with Crippen LogP contribution in [0.3, 0.4) is 0 Å². The maximum atomic E-state index is 14.2. The Labute approximate surface area is 205 Å². The maximum absolute atomic E-state index is 14.2. The highest BCUT2D eigenvalue weighted by molar-refractivity contribution is 7.93. The number of para-hydroxylation sites is 2. The van der Waals surface area contributed by atoms with Crippen molar-refractivity contribution in [2.45, 2.75) is 11.8 Å². The van der Waals surface area contributed by atoms with Crippen LogP contribution in [0.1, 0.15) is 5.56 Å². The summed E-state index contributed by atoms with van der Waals surface area (Å²) >= 11 is 0. The first-order chi connectivity index (χ1) is 16.8. The Kier molecular flexibility index (Phi) is 7.25. The number of aryl methyl sites for hydroxylation is 1. The molecule has 4 rings (SSSR count). The number of hydrogen-bond acceptors (Lipinski definition) is 5. The predicted octanol–water partition coefficient (Wildman–Crippen LogP) is 3.69. The summed E-state index contributed by atoms with van der Waals surface area (Å²) in [5.41, 5.74) is 1.64. The fourth-order valence-corrected chi connectivity index (χ4v) is 5.80. The van der Waals surface area contributed by atoms with Crippen molar-refractivity contribution in [2.75, 3.05) is 49.0 Å². The lowest BCUT2D eigenvalue weighted by molar-refractivity contribution is -0.129. The van der Waals surface area contributed by atoms with E-state index in [1.807, 2.05) is 4.90 Å². The lowest BCUT2D eigenvalue weighted by Gasteiger charge is -2.37. The van der Waals surface area contributed by atoms with E-state index in [4.69, 9.17) is 4.74 Å². The molecule has 1 aliphatic heterocycles. The summed E-state index contributed by atoms with van der Waals surface area (Å²) in [6.07, 6.45) is 0. The highest BCUT2D eigenvalue weighted by Gasteiger charge is 2.32. The minimum atomic E-state index is -4.11. The first-order valence-corrected chi connectivity index (χ1v) is 12.7. The molecule has 1 heterocycles. The summed E-state index contributed by atoms with van der Waals surface area (Å²) in [6, 6.07) is 20.0. The van der Waals surface area contributed by atoms with Gasteiger partial charge < -0.3 is 14.5 Å². The summed E-state index contributed by atoms with van der Waals surface area (Å²) in [5.74, 6) is -0.416. The standard InChI is InChI=1S/C26H28FN3O4S/c1-20-12-13-24(34-2)25(18-20)35(32,33)30(21-8-4-3-5-9-21)19-26(31)29-16-14-28(15-17-29)23-11-7-6-10-22(23)27/h3-13,18H,14-17,19H2,1-2H3. The molecule has 1 saturated heterocycles. The summed E-state index contributed by atoms with van der Waals surface area (Å²) in [5, 5.41) is 0. The Hall–Kier alpha value is -3.59. The van der Waals surface area contributed by atoms with E-state index in [-0.39, 0.29) is 28.9 Å². The lowest BCUT2D eigenvalue weighted by Crippen LogP contribution is -2.52. The van der Waals surface area contributed by atoms with Crippen LogP contribution in [0.5, 0.6) is 5.75 Å². The third-order valence-corrected chi connectivity index (χ3v) is 7.83. The van der Waals surface area contributed by atoms with Gasteiger partial charge in [-0.25, -0.2) is 12.8 Å². The van der Waals surface area contributed by atoms with Gasteiger partial charge in [0.2, 0.25) is 5.91 Å². The Morgan fingerprint density at radius 2 is 1.63 bits per heavy atom. The number of carbonyl (C=O) groups excluding carboxylic acids is 1. The quantitative estimate of drug-likeness (QED) is 0.498. The molecular weight excluding hydrogens is 469 g/mol. The van der Waals surface area contributed by atoms with E-state index in [1.54, 1.807) is 78.6 Å². The largest absolute Gasteiger partial charge is 0.495 e. The Morgan fingerprint density at radius 3 is 2.29 bits per heavy atom. The first kappa shape index (κ1) is 24.5. The number of ether oxygens (including phenoxy) is 1. The van der Waals surface area contributed by atoms with Crippen LogP contribution in [-0.4, -0.2) is 59.1 Å². The number of anilines is 2. The van der Waals surface area contributed by atoms with Crippen molar-refractivity contribution in [3.63, 3.8) is 0 Å². The zero-order valence-corrected chi connectivity index (χ0v) is 20.5. The topological polar surface area (TPSA) is 70.2 Å². The average molecular weight is 498 g/mol. The molecule has 7 nitrogen and oxygen atoms in total. The van der Waals surface area contributed by atoms with Gasteiger partial charge in [-0.15, -0.1) is 0 Å². The second-order valence-corrected chi connectivity index (χ2v) is 10.2. The first-order valence-electron chi connectivity index (χ1n) is 11.3. The Morgan fingerprint density at radius 1 is 0.971 bits per heavy atom. The van der Waals surface area contributed by atoms with Crippen LogP contribution in [0.25, 0.3) is 0 Å². The highest BCUT2D eigenvalue weighted by atomic mass is 32.2. The van der Waals surface area contributed by atoms with Crippen molar-refractivity contribution in [1.82, 2.24) is 4.90 Å². The second-order valence-electron chi connectivity index (χ2n) is 8.32. The molecule has 0 unspecified atom stereocenters. The molecule has 1 amide bonds. The van der Waals surface area contributed by atoms with Crippen molar-refractivity contribution in [3.05, 3.63) is 84.2 Å². The Balaban J connectivity index is 1.57. The van der Waals surface area contributed by atoms with Crippen LogP contribution in [-0.2, 0) is 14.8 Å². The summed E-state index contributed by atoms with van der Waals surface area (Å²) in [7, 11) is -2.70. The fourth-order valence-electron chi connectivity index (χ4n) is 4.14. The van der Waals surface area contributed by atoms with Crippen molar-refractivity contribution in [1.29, 1.82) is 0 Å². The van der Waals surface area contributed by atoms with Crippen molar-refractivity contribution in [3.8, 4) is 5.75 Å². The third-order valence-electron chi connectivity index (χ3n) is 6.04. The lowest BCUT2D eigenvalue weighted by atomic mass is 10.2. The average Bonchev–Trinajstić information content (AvgIpc) is 2.88. The van der Waals surface area contributed by atoms with Gasteiger partial charge in [0.1, 0.15) is 23.0 Å². The van der Waals surface area contributed by atoms with Crippen LogP contribution in [0.15, 0.2) is 77.7 Å². The smallest absolute Gasteiger partial charge is 0.268 e. The monoisotopic (exact) mass is 497 g/mol. The molecule has 0 aromatic heterocycles. The van der Waals surface area contributed by atoms with E-state index in [0.717, 1.165) is 9.87 Å². The summed E-state index contributed by atoms with van der Waals surface area (Å²) in [4.78, 5) is 16.8. The normalized spacial score (nSPS) is 14.0. The number of hydrogen-bond donors (Lipinski definition) is 0. The van der Waals surface area contributed by atoms with Gasteiger partial charge >= 0.3 is 0 Å². The zero-order valence-electron chi connectivity index (χ0n) is 19.7. The summed E-state index contributed by atoms with van der Waals surface area (Å²) in [6.45, 7) is 3.08. The van der Waals surface area contributed by atoms with E-state index < -0.39 is 10.0 Å². The molecule has 9 heteroatoms. The number of piperazine rings is 1. The van der Waals surface area contributed by atoms with Crippen LogP contribution in [0.2, 0.25) is 0 Å². The van der Waals surface area contributed by atoms with Gasteiger partial charge in [0, 0.05) is 26.2 Å². The molecule has 35 heavy (non-hydrogen) atoms. The molecule has 0 N–H and O–H groups in total. The molecule has 3 aromatic rings. The number of methoxy groups -OCH3 is 1. The van der Waals surface area contributed by atoms with Crippen LogP contribution >= 0.6 is 0 Å². The van der Waals surface area contributed by atoms with E-state index in [1.165, 1.54) is 13.2 Å². The van der Waals surface area contributed by atoms with Crippen LogP contribution in [0.4, 0.5) is 15.8 Å². The second kappa shape index (κ2) is 10.4. The number of rotatable bonds is 7. The van der Waals surface area contributed by atoms with Gasteiger partial charge in [0.05, 0.1) is 18.5 Å². The number of benzene rings is 3. The molecule has 0 bridgehead atoms. The molecular formula is C26H28FN3O4S. The van der Waals surface area contributed by atoms with Crippen LogP contribution in [0, 0.1) is 12.7 Å². The van der Waals surface area contributed by atoms with Crippen molar-refractivity contribution >= 4 is 27.3 Å². The third kappa shape index (κ3) is 5.24. The van der Waals surface area contributed by atoms with Gasteiger partial charge in [0.15, 0.2) is 0 Å². The zero-order chi connectivity index (χ0) is 25.0. The van der Waals surface area contributed by atoms with Crippen LogP contribution < -0.4 is 13.9 Å². The minimum Gasteiger partial charge on any atom is -0.495 e. The van der Waals surface area contributed by atoms with Gasteiger partial charge in [0.25, 0.3) is 10.0 Å². The number of carbonyl (C=O) groups is 1. The van der Waals surface area contributed by atoms with E-state index in [2.05, 4.69) is 0 Å². The molecule has 0 atom stereocenters. The van der Waals surface area contributed by atoms with Gasteiger partial charge in [-0.05, 0) is 48.9 Å². The van der Waals surface area contributed by atoms with Crippen molar-refractivity contribution < 1.29 is 22.3 Å². The maximum Gasteiger partial charge on any atom is 0.268 e. The molecule has 0 saturated carbocycles. The molecule has 1 aliphatic rings. The molecule has 1 fully saturated rings. The summed E-state index contributed by atoms with van der Waals surface area (Å²) < 4.78 is 48.2. The van der Waals surface area contributed by atoms with E-state index in [0.29, 0.717) is 37.6 Å². The predicted molar refractivity (Wildman–Crippen MR) is 134 cm³/mol.